The number of nitrogens with one attached hydrogen (secondary N) is 1. The highest BCUT2D eigenvalue weighted by atomic mass is 16.5. The molecule has 0 aliphatic heterocycles. The maximum atomic E-state index is 12.1. The van der Waals surface area contributed by atoms with Gasteiger partial charge in [-0.25, -0.2) is 0 Å². The smallest absolute Gasteiger partial charge is 0.283 e. The SMILES string of the molecule is CCn1c(O)c(N=NC(=O)CNc2cccc(OC)c2)c2cc(C)ccc21. The number of aromatic nitrogens is 1. The van der Waals surface area contributed by atoms with Crippen LogP contribution < -0.4 is 10.1 Å². The highest BCUT2D eigenvalue weighted by Crippen LogP contribution is 2.39. The first kappa shape index (κ1) is 18.4. The molecule has 3 aromatic rings. The number of fused-ring (bicyclic) bond motifs is 1. The van der Waals surface area contributed by atoms with Crippen LogP contribution in [0.3, 0.4) is 0 Å². The lowest BCUT2D eigenvalue weighted by molar-refractivity contribution is -0.116. The van der Waals surface area contributed by atoms with Crippen molar-refractivity contribution in [1.29, 1.82) is 0 Å². The Labute approximate surface area is 157 Å². The normalized spacial score (nSPS) is 11.2. The predicted molar refractivity (Wildman–Crippen MR) is 105 cm³/mol. The van der Waals surface area contributed by atoms with Crippen molar-refractivity contribution in [3.05, 3.63) is 48.0 Å². The lowest BCUT2D eigenvalue weighted by Crippen LogP contribution is -2.10. The molecule has 0 aliphatic carbocycles. The number of hydrogen-bond donors (Lipinski definition) is 2. The van der Waals surface area contributed by atoms with Gasteiger partial charge in [0.2, 0.25) is 5.88 Å². The highest BCUT2D eigenvalue weighted by molar-refractivity contribution is 5.95. The number of carbonyl (C=O) groups excluding carboxylic acids is 1. The van der Waals surface area contributed by atoms with Crippen LogP contribution in [-0.2, 0) is 11.3 Å². The lowest BCUT2D eigenvalue weighted by Gasteiger charge is -2.05. The second-order valence-corrected chi connectivity index (χ2v) is 6.12. The molecule has 0 unspecified atom stereocenters. The molecule has 7 heteroatoms. The standard InChI is InChI=1S/C20H22N4O3/c1-4-24-17-9-8-13(2)10-16(17)19(20(24)26)23-22-18(25)12-21-14-6-5-7-15(11-14)27-3/h5-11,21,26H,4,12H2,1-3H3. The molecule has 2 aromatic carbocycles. The number of ether oxygens (including phenoxy) is 1. The molecule has 0 saturated carbocycles. The number of anilines is 1. The van der Waals surface area contributed by atoms with E-state index in [9.17, 15) is 9.90 Å². The molecule has 0 radical (unpaired) electrons. The minimum absolute atomic E-state index is 0.00963. The van der Waals surface area contributed by atoms with E-state index in [1.165, 1.54) is 0 Å². The van der Waals surface area contributed by atoms with E-state index >= 15 is 0 Å². The monoisotopic (exact) mass is 366 g/mol. The Morgan fingerprint density at radius 3 is 2.81 bits per heavy atom. The summed E-state index contributed by atoms with van der Waals surface area (Å²) in [5, 5.41) is 22.0. The molecule has 1 heterocycles. The lowest BCUT2D eigenvalue weighted by atomic mass is 10.1. The Morgan fingerprint density at radius 2 is 2.07 bits per heavy atom. The summed E-state index contributed by atoms with van der Waals surface area (Å²) < 4.78 is 6.88. The fourth-order valence-electron chi connectivity index (χ4n) is 2.91. The largest absolute Gasteiger partial charge is 0.497 e. The molecule has 1 aromatic heterocycles. The van der Waals surface area contributed by atoms with Crippen LogP contribution in [0.1, 0.15) is 12.5 Å². The second kappa shape index (κ2) is 7.90. The van der Waals surface area contributed by atoms with Crippen LogP contribution in [0.25, 0.3) is 10.9 Å². The minimum atomic E-state index is -0.442. The molecule has 0 aliphatic rings. The van der Waals surface area contributed by atoms with Gasteiger partial charge in [0.25, 0.3) is 5.91 Å². The number of benzene rings is 2. The fraction of sp³-hybridized carbons (Fsp3) is 0.250. The van der Waals surface area contributed by atoms with Crippen LogP contribution in [0, 0.1) is 6.92 Å². The number of methoxy groups -OCH3 is 1. The highest BCUT2D eigenvalue weighted by Gasteiger charge is 2.16. The van der Waals surface area contributed by atoms with Crippen LogP contribution >= 0.6 is 0 Å². The van der Waals surface area contributed by atoms with E-state index in [1.54, 1.807) is 17.7 Å². The number of rotatable bonds is 6. The van der Waals surface area contributed by atoms with Crippen molar-refractivity contribution in [2.75, 3.05) is 19.0 Å². The molecule has 2 N–H and O–H groups in total. The zero-order valence-corrected chi connectivity index (χ0v) is 15.6. The van der Waals surface area contributed by atoms with E-state index in [0.29, 0.717) is 18.0 Å². The Kier molecular flexibility index (Phi) is 5.40. The molecule has 0 spiro atoms. The number of azo groups is 1. The summed E-state index contributed by atoms with van der Waals surface area (Å²) in [6.07, 6.45) is 0. The molecule has 0 fully saturated rings. The van der Waals surface area contributed by atoms with E-state index in [1.807, 2.05) is 50.2 Å². The first-order valence-corrected chi connectivity index (χ1v) is 8.67. The number of aromatic hydroxyl groups is 1. The third-order valence-corrected chi connectivity index (χ3v) is 4.26. The van der Waals surface area contributed by atoms with Gasteiger partial charge in [-0.05, 0) is 38.1 Å². The van der Waals surface area contributed by atoms with Crippen molar-refractivity contribution < 1.29 is 14.6 Å². The van der Waals surface area contributed by atoms with Crippen LogP contribution in [-0.4, -0.2) is 29.2 Å². The number of carbonyl (C=O) groups is 1. The fourth-order valence-corrected chi connectivity index (χ4v) is 2.91. The summed E-state index contributed by atoms with van der Waals surface area (Å²) in [5.74, 6) is 0.263. The van der Waals surface area contributed by atoms with Gasteiger partial charge in [0.1, 0.15) is 5.75 Å². The van der Waals surface area contributed by atoms with Crippen molar-refractivity contribution in [1.82, 2.24) is 4.57 Å². The Bertz CT molecular complexity index is 1010. The quantitative estimate of drug-likeness (QED) is 0.633. The van der Waals surface area contributed by atoms with E-state index < -0.39 is 5.91 Å². The number of hydrogen-bond acceptors (Lipinski definition) is 5. The second-order valence-electron chi connectivity index (χ2n) is 6.12. The van der Waals surface area contributed by atoms with E-state index in [0.717, 1.165) is 22.2 Å². The molecule has 3 rings (SSSR count). The third-order valence-electron chi connectivity index (χ3n) is 4.26. The summed E-state index contributed by atoms with van der Waals surface area (Å²) in [5.41, 5.74) is 2.96. The molecular weight excluding hydrogens is 344 g/mol. The van der Waals surface area contributed by atoms with Crippen LogP contribution in [0.4, 0.5) is 11.4 Å². The van der Waals surface area contributed by atoms with Crippen molar-refractivity contribution >= 4 is 28.2 Å². The Balaban J connectivity index is 1.78. The summed E-state index contributed by atoms with van der Waals surface area (Å²) in [7, 11) is 1.58. The number of aryl methyl sites for hydroxylation is 2. The van der Waals surface area contributed by atoms with Gasteiger partial charge in [-0.3, -0.25) is 4.79 Å². The van der Waals surface area contributed by atoms with E-state index in [2.05, 4.69) is 15.5 Å². The summed E-state index contributed by atoms with van der Waals surface area (Å²) >= 11 is 0. The molecule has 1 amide bonds. The Morgan fingerprint density at radius 1 is 1.26 bits per heavy atom. The summed E-state index contributed by atoms with van der Waals surface area (Å²) in [6.45, 7) is 4.47. The van der Waals surface area contributed by atoms with Crippen LogP contribution in [0.5, 0.6) is 11.6 Å². The van der Waals surface area contributed by atoms with Gasteiger partial charge in [-0.15, -0.1) is 10.2 Å². The van der Waals surface area contributed by atoms with Crippen molar-refractivity contribution in [3.63, 3.8) is 0 Å². The molecule has 0 saturated heterocycles. The average molecular weight is 366 g/mol. The van der Waals surface area contributed by atoms with Gasteiger partial charge in [0, 0.05) is 23.7 Å². The van der Waals surface area contributed by atoms with Crippen molar-refractivity contribution in [2.45, 2.75) is 20.4 Å². The molecular formula is C20H22N4O3. The predicted octanol–water partition coefficient (Wildman–Crippen LogP) is 4.41. The van der Waals surface area contributed by atoms with Gasteiger partial charge >= 0.3 is 0 Å². The summed E-state index contributed by atoms with van der Waals surface area (Å²) in [6, 6.07) is 13.1. The van der Waals surface area contributed by atoms with Crippen LogP contribution in [0.2, 0.25) is 0 Å². The zero-order chi connectivity index (χ0) is 19.4. The maximum absolute atomic E-state index is 12.1. The first-order chi connectivity index (χ1) is 13.0. The average Bonchev–Trinajstić information content (AvgIpc) is 2.94. The van der Waals surface area contributed by atoms with E-state index in [-0.39, 0.29) is 12.4 Å². The molecule has 27 heavy (non-hydrogen) atoms. The van der Waals surface area contributed by atoms with Gasteiger partial charge in [-0.2, -0.15) is 0 Å². The zero-order valence-electron chi connectivity index (χ0n) is 15.6. The minimum Gasteiger partial charge on any atom is -0.497 e. The van der Waals surface area contributed by atoms with Gasteiger partial charge in [-0.1, -0.05) is 17.7 Å². The van der Waals surface area contributed by atoms with Gasteiger partial charge in [0.15, 0.2) is 5.69 Å². The topological polar surface area (TPSA) is 88.2 Å². The molecule has 0 atom stereocenters. The van der Waals surface area contributed by atoms with Gasteiger partial charge < -0.3 is 19.7 Å². The third kappa shape index (κ3) is 3.92. The number of amides is 1. The van der Waals surface area contributed by atoms with Crippen molar-refractivity contribution in [3.8, 4) is 11.6 Å². The summed E-state index contributed by atoms with van der Waals surface area (Å²) in [4.78, 5) is 12.1. The molecule has 0 bridgehead atoms. The molecule has 140 valence electrons. The molecule has 7 nitrogen and oxygen atoms in total. The van der Waals surface area contributed by atoms with Gasteiger partial charge in [0.05, 0.1) is 19.2 Å². The maximum Gasteiger partial charge on any atom is 0.283 e. The van der Waals surface area contributed by atoms with E-state index in [4.69, 9.17) is 4.74 Å². The first-order valence-electron chi connectivity index (χ1n) is 8.67. The van der Waals surface area contributed by atoms with Crippen molar-refractivity contribution in [2.24, 2.45) is 10.2 Å². The Hall–Kier alpha value is -3.35. The number of nitrogens with zero attached hydrogens (tertiary/aromatic N) is 3. The van der Waals surface area contributed by atoms with Crippen LogP contribution in [0.15, 0.2) is 52.7 Å².